The quantitative estimate of drug-likeness (QED) is 0.802. The molecule has 0 aromatic carbocycles. The minimum atomic E-state index is -4.16. The van der Waals surface area contributed by atoms with Crippen LogP contribution in [0, 0.1) is 0 Å². The molecule has 1 aliphatic heterocycles. The Morgan fingerprint density at radius 3 is 2.24 bits per heavy atom. The van der Waals surface area contributed by atoms with Gasteiger partial charge in [-0.2, -0.15) is 18.3 Å². The van der Waals surface area contributed by atoms with Crippen molar-refractivity contribution in [1.82, 2.24) is 14.7 Å². The van der Waals surface area contributed by atoms with E-state index in [1.54, 1.807) is 0 Å². The third-order valence-electron chi connectivity index (χ3n) is 4.97. The number of halogens is 3. The molecular formula is C18H29F3N4. The van der Waals surface area contributed by atoms with E-state index in [4.69, 9.17) is 0 Å². The number of piperazine rings is 1. The molecule has 0 spiro atoms. The van der Waals surface area contributed by atoms with Crippen LogP contribution in [-0.4, -0.2) is 53.1 Å². The molecule has 1 aliphatic carbocycles. The van der Waals surface area contributed by atoms with E-state index in [0.717, 1.165) is 24.2 Å². The Kier molecular flexibility index (Phi) is 6.19. The summed E-state index contributed by atoms with van der Waals surface area (Å²) < 4.78 is 40.5. The lowest BCUT2D eigenvalue weighted by atomic mass is 9.98. The number of nitrogens with zero attached hydrogens (tertiary/aromatic N) is 4. The van der Waals surface area contributed by atoms with Crippen LogP contribution in [0.3, 0.4) is 0 Å². The van der Waals surface area contributed by atoms with Crippen molar-refractivity contribution in [2.24, 2.45) is 7.05 Å². The van der Waals surface area contributed by atoms with Crippen molar-refractivity contribution in [2.45, 2.75) is 52.8 Å². The molecule has 0 bridgehead atoms. The van der Waals surface area contributed by atoms with Crippen molar-refractivity contribution < 1.29 is 13.2 Å². The molecule has 7 heteroatoms. The van der Waals surface area contributed by atoms with E-state index in [1.807, 2.05) is 25.6 Å². The molecule has 0 saturated carbocycles. The number of hydrogen-bond acceptors (Lipinski definition) is 3. The summed E-state index contributed by atoms with van der Waals surface area (Å²) in [4.78, 5) is 3.63. The summed E-state index contributed by atoms with van der Waals surface area (Å²) in [6.07, 6.45) is 0.0349. The highest BCUT2D eigenvalue weighted by Gasteiger charge is 2.41. The van der Waals surface area contributed by atoms with Gasteiger partial charge in [-0.3, -0.25) is 9.58 Å². The van der Waals surface area contributed by atoms with Gasteiger partial charge in [0.2, 0.25) is 0 Å². The standard InChI is InChI=1S/C16H23F3N4.C2H6/c1-11-4-5-14-13(10-11)15(20-21(14)3)23-8-6-22(7-9-23)12(2)16(17,18)19;1-2/h10,12H,4-9H2,1-3H3;1-2H3. The minimum Gasteiger partial charge on any atom is -0.352 e. The second kappa shape index (κ2) is 7.81. The van der Waals surface area contributed by atoms with E-state index in [9.17, 15) is 13.2 Å². The van der Waals surface area contributed by atoms with Gasteiger partial charge in [0, 0.05) is 44.5 Å². The number of aromatic nitrogens is 2. The van der Waals surface area contributed by atoms with Crippen molar-refractivity contribution in [2.75, 3.05) is 31.1 Å². The maximum Gasteiger partial charge on any atom is 0.403 e. The second-order valence-electron chi connectivity index (χ2n) is 6.54. The zero-order chi connectivity index (χ0) is 18.8. The molecule has 1 fully saturated rings. The van der Waals surface area contributed by atoms with E-state index in [0.29, 0.717) is 26.2 Å². The first kappa shape index (κ1) is 19.8. The molecule has 0 amide bonds. The van der Waals surface area contributed by atoms with E-state index in [2.05, 4.69) is 23.0 Å². The van der Waals surface area contributed by atoms with Gasteiger partial charge in [0.15, 0.2) is 5.82 Å². The molecule has 1 aromatic rings. The predicted octanol–water partition coefficient (Wildman–Crippen LogP) is 3.87. The summed E-state index contributed by atoms with van der Waals surface area (Å²) in [7, 11) is 1.94. The third-order valence-corrected chi connectivity index (χ3v) is 4.97. The van der Waals surface area contributed by atoms with Crippen LogP contribution in [0.2, 0.25) is 0 Å². The maximum atomic E-state index is 12.8. The Balaban J connectivity index is 0.00000109. The SMILES string of the molecule is CC.CC1=Cc2c(N3CCN(C(C)C(F)(F)F)CC3)nn(C)c2CC1. The van der Waals surface area contributed by atoms with Crippen LogP contribution >= 0.6 is 0 Å². The first-order valence-corrected chi connectivity index (χ1v) is 9.06. The number of anilines is 1. The Hall–Kier alpha value is -1.50. The summed E-state index contributed by atoms with van der Waals surface area (Å²) in [6.45, 7) is 9.34. The highest BCUT2D eigenvalue weighted by atomic mass is 19.4. The average molecular weight is 358 g/mol. The zero-order valence-corrected chi connectivity index (χ0v) is 15.8. The van der Waals surface area contributed by atoms with Crippen molar-refractivity contribution in [3.63, 3.8) is 0 Å². The molecule has 0 N–H and O–H groups in total. The fourth-order valence-corrected chi connectivity index (χ4v) is 3.40. The van der Waals surface area contributed by atoms with Crippen LogP contribution in [0.4, 0.5) is 19.0 Å². The summed E-state index contributed by atoms with van der Waals surface area (Å²) in [5, 5.41) is 4.63. The summed E-state index contributed by atoms with van der Waals surface area (Å²) in [5.41, 5.74) is 3.70. The lowest BCUT2D eigenvalue weighted by molar-refractivity contribution is -0.179. The summed E-state index contributed by atoms with van der Waals surface area (Å²) in [6, 6.07) is -1.38. The molecule has 4 nitrogen and oxygen atoms in total. The lowest BCUT2D eigenvalue weighted by Gasteiger charge is -2.39. The highest BCUT2D eigenvalue weighted by molar-refractivity contribution is 5.70. The summed E-state index contributed by atoms with van der Waals surface area (Å²) in [5.74, 6) is 0.917. The molecule has 2 aliphatic rings. The Bertz CT molecular complexity index is 611. The van der Waals surface area contributed by atoms with Gasteiger partial charge < -0.3 is 4.90 Å². The van der Waals surface area contributed by atoms with Crippen LogP contribution in [0.15, 0.2) is 5.57 Å². The largest absolute Gasteiger partial charge is 0.403 e. The molecule has 25 heavy (non-hydrogen) atoms. The molecular weight excluding hydrogens is 329 g/mol. The van der Waals surface area contributed by atoms with Crippen molar-refractivity contribution in [1.29, 1.82) is 0 Å². The van der Waals surface area contributed by atoms with Crippen LogP contribution in [0.5, 0.6) is 0 Å². The molecule has 142 valence electrons. The van der Waals surface area contributed by atoms with Crippen LogP contribution in [0.1, 0.15) is 45.4 Å². The van der Waals surface area contributed by atoms with E-state index in [1.165, 1.54) is 23.1 Å². The third kappa shape index (κ3) is 4.19. The molecule has 1 aromatic heterocycles. The van der Waals surface area contributed by atoms with Gasteiger partial charge in [-0.1, -0.05) is 25.5 Å². The van der Waals surface area contributed by atoms with E-state index >= 15 is 0 Å². The first-order chi connectivity index (χ1) is 11.8. The molecule has 0 radical (unpaired) electrons. The number of aryl methyl sites for hydroxylation is 1. The second-order valence-corrected chi connectivity index (χ2v) is 6.54. The summed E-state index contributed by atoms with van der Waals surface area (Å²) >= 11 is 0. The monoisotopic (exact) mass is 358 g/mol. The maximum absolute atomic E-state index is 12.8. The smallest absolute Gasteiger partial charge is 0.352 e. The zero-order valence-electron chi connectivity index (χ0n) is 15.8. The molecule has 3 rings (SSSR count). The van der Waals surface area contributed by atoms with Gasteiger partial charge in [0.25, 0.3) is 0 Å². The minimum absolute atomic E-state index is 0.411. The van der Waals surface area contributed by atoms with Gasteiger partial charge in [-0.05, 0) is 26.7 Å². The number of fused-ring (bicyclic) bond motifs is 1. The molecule has 1 atom stereocenters. The molecule has 1 saturated heterocycles. The topological polar surface area (TPSA) is 24.3 Å². The van der Waals surface area contributed by atoms with Gasteiger partial charge in [0.05, 0.1) is 0 Å². The van der Waals surface area contributed by atoms with E-state index < -0.39 is 12.2 Å². The Labute approximate surface area is 148 Å². The first-order valence-electron chi connectivity index (χ1n) is 9.06. The highest BCUT2D eigenvalue weighted by Crippen LogP contribution is 2.32. The van der Waals surface area contributed by atoms with E-state index in [-0.39, 0.29) is 0 Å². The van der Waals surface area contributed by atoms with Crippen molar-refractivity contribution in [3.05, 3.63) is 16.8 Å². The van der Waals surface area contributed by atoms with Gasteiger partial charge in [-0.15, -0.1) is 0 Å². The number of rotatable bonds is 2. The predicted molar refractivity (Wildman–Crippen MR) is 95.8 cm³/mol. The van der Waals surface area contributed by atoms with Gasteiger partial charge >= 0.3 is 6.18 Å². The van der Waals surface area contributed by atoms with Crippen LogP contribution < -0.4 is 4.90 Å². The Morgan fingerprint density at radius 2 is 1.68 bits per heavy atom. The number of alkyl halides is 3. The molecule has 1 unspecified atom stereocenters. The van der Waals surface area contributed by atoms with Gasteiger partial charge in [-0.25, -0.2) is 0 Å². The Morgan fingerprint density at radius 1 is 1.08 bits per heavy atom. The van der Waals surface area contributed by atoms with Crippen molar-refractivity contribution in [3.8, 4) is 0 Å². The van der Waals surface area contributed by atoms with Gasteiger partial charge in [0.1, 0.15) is 6.04 Å². The van der Waals surface area contributed by atoms with Crippen LogP contribution in [0.25, 0.3) is 6.08 Å². The number of allylic oxidation sites excluding steroid dienone is 1. The van der Waals surface area contributed by atoms with Crippen LogP contribution in [-0.2, 0) is 13.5 Å². The molecule has 2 heterocycles. The number of hydrogen-bond donors (Lipinski definition) is 0. The van der Waals surface area contributed by atoms with Crippen molar-refractivity contribution >= 4 is 11.9 Å². The normalized spacial score (nSPS) is 19.7. The fraction of sp³-hybridized carbons (Fsp3) is 0.722. The lowest BCUT2D eigenvalue weighted by Crippen LogP contribution is -2.53. The average Bonchev–Trinajstić information content (AvgIpc) is 2.91. The fourth-order valence-electron chi connectivity index (χ4n) is 3.40.